The summed E-state index contributed by atoms with van der Waals surface area (Å²) >= 11 is 0. The lowest BCUT2D eigenvalue weighted by atomic mass is 10.1. The summed E-state index contributed by atoms with van der Waals surface area (Å²) in [6, 6.07) is 6.10. The van der Waals surface area contributed by atoms with Crippen molar-refractivity contribution in [2.24, 2.45) is 0 Å². The number of morpholine rings is 1. The lowest BCUT2D eigenvalue weighted by Gasteiger charge is -2.35. The van der Waals surface area contributed by atoms with Crippen molar-refractivity contribution in [3.63, 3.8) is 0 Å². The summed E-state index contributed by atoms with van der Waals surface area (Å²) in [5.41, 5.74) is 0.155. The van der Waals surface area contributed by atoms with Gasteiger partial charge in [0.05, 0.1) is 30.8 Å². The number of hydrogen-bond donors (Lipinski definition) is 1. The first-order chi connectivity index (χ1) is 9.19. The SMILES string of the molecule is N#Cc1cccc(N2CCOCC2CO)c1[N+](=O)[O-]. The second kappa shape index (κ2) is 5.65. The molecule has 1 heterocycles. The van der Waals surface area contributed by atoms with Gasteiger partial charge in [-0.15, -0.1) is 0 Å². The number of anilines is 1. The van der Waals surface area contributed by atoms with E-state index in [1.807, 2.05) is 6.07 Å². The Bertz CT molecular complexity index is 526. The molecule has 1 fully saturated rings. The van der Waals surface area contributed by atoms with Gasteiger partial charge in [-0.25, -0.2) is 0 Å². The van der Waals surface area contributed by atoms with Gasteiger partial charge in [0.1, 0.15) is 17.3 Å². The third kappa shape index (κ3) is 2.50. The van der Waals surface area contributed by atoms with E-state index in [0.29, 0.717) is 25.4 Å². The highest BCUT2D eigenvalue weighted by Crippen LogP contribution is 2.33. The molecule has 0 aliphatic carbocycles. The van der Waals surface area contributed by atoms with Crippen LogP contribution in [0.4, 0.5) is 11.4 Å². The van der Waals surface area contributed by atoms with Crippen LogP contribution in [0.1, 0.15) is 5.56 Å². The predicted molar refractivity (Wildman–Crippen MR) is 66.9 cm³/mol. The van der Waals surface area contributed by atoms with E-state index in [-0.39, 0.29) is 23.9 Å². The summed E-state index contributed by atoms with van der Waals surface area (Å²) in [7, 11) is 0. The van der Waals surface area contributed by atoms with Gasteiger partial charge in [-0.2, -0.15) is 5.26 Å². The van der Waals surface area contributed by atoms with Gasteiger partial charge in [-0.1, -0.05) is 6.07 Å². The van der Waals surface area contributed by atoms with E-state index in [1.54, 1.807) is 17.0 Å². The highest BCUT2D eigenvalue weighted by molar-refractivity contribution is 5.70. The van der Waals surface area contributed by atoms with Crippen LogP contribution in [0.5, 0.6) is 0 Å². The average molecular weight is 263 g/mol. The number of nitro benzene ring substituents is 1. The minimum atomic E-state index is -0.558. The van der Waals surface area contributed by atoms with Crippen LogP contribution in [0, 0.1) is 21.4 Å². The van der Waals surface area contributed by atoms with Crippen molar-refractivity contribution < 1.29 is 14.8 Å². The molecule has 1 aliphatic heterocycles. The summed E-state index contributed by atoms with van der Waals surface area (Å²) in [5, 5.41) is 29.5. The van der Waals surface area contributed by atoms with E-state index < -0.39 is 4.92 Å². The molecule has 7 nitrogen and oxygen atoms in total. The number of nitro groups is 1. The number of aliphatic hydroxyl groups is 1. The zero-order valence-electron chi connectivity index (χ0n) is 10.2. The maximum atomic E-state index is 11.2. The maximum absolute atomic E-state index is 11.2. The summed E-state index contributed by atoms with van der Waals surface area (Å²) in [4.78, 5) is 12.3. The van der Waals surface area contributed by atoms with Gasteiger partial charge in [-0.05, 0) is 12.1 Å². The van der Waals surface area contributed by atoms with Gasteiger partial charge in [0.15, 0.2) is 0 Å². The Morgan fingerprint density at radius 3 is 3.05 bits per heavy atom. The Balaban J connectivity index is 2.49. The number of rotatable bonds is 3. The standard InChI is InChI=1S/C12H13N3O4/c13-6-9-2-1-3-11(12(9)15(17)18)14-4-5-19-8-10(14)7-16/h1-3,10,16H,4-5,7-8H2. The fraction of sp³-hybridized carbons (Fsp3) is 0.417. The number of hydrogen-bond acceptors (Lipinski definition) is 6. The summed E-state index contributed by atoms with van der Waals surface area (Å²) in [6.45, 7) is 1.03. The molecule has 1 saturated heterocycles. The molecule has 0 bridgehead atoms. The molecule has 1 aromatic carbocycles. The smallest absolute Gasteiger partial charge is 0.310 e. The van der Waals surface area contributed by atoms with Crippen LogP contribution in [0.15, 0.2) is 18.2 Å². The van der Waals surface area contributed by atoms with Crippen LogP contribution >= 0.6 is 0 Å². The normalized spacial score (nSPS) is 18.9. The number of aliphatic hydroxyl groups excluding tert-OH is 1. The fourth-order valence-electron chi connectivity index (χ4n) is 2.17. The molecule has 1 N–H and O–H groups in total. The molecule has 0 amide bonds. The van der Waals surface area contributed by atoms with Crippen LogP contribution in [-0.2, 0) is 4.74 Å². The van der Waals surface area contributed by atoms with Gasteiger partial charge in [0, 0.05) is 6.54 Å². The van der Waals surface area contributed by atoms with Crippen LogP contribution in [0.25, 0.3) is 0 Å². The van der Waals surface area contributed by atoms with E-state index >= 15 is 0 Å². The van der Waals surface area contributed by atoms with E-state index in [2.05, 4.69) is 0 Å². The topological polar surface area (TPSA) is 99.6 Å². The van der Waals surface area contributed by atoms with Gasteiger partial charge < -0.3 is 14.7 Å². The van der Waals surface area contributed by atoms with Gasteiger partial charge in [0.25, 0.3) is 0 Å². The van der Waals surface area contributed by atoms with Crippen LogP contribution in [0.3, 0.4) is 0 Å². The third-order valence-corrected chi connectivity index (χ3v) is 3.07. The minimum absolute atomic E-state index is 0.0191. The summed E-state index contributed by atoms with van der Waals surface area (Å²) in [5.74, 6) is 0. The highest BCUT2D eigenvalue weighted by Gasteiger charge is 2.30. The molecule has 19 heavy (non-hydrogen) atoms. The first-order valence-corrected chi connectivity index (χ1v) is 5.81. The maximum Gasteiger partial charge on any atom is 0.310 e. The third-order valence-electron chi connectivity index (χ3n) is 3.07. The van der Waals surface area contributed by atoms with E-state index in [4.69, 9.17) is 10.00 Å². The number of nitriles is 1. The molecule has 0 radical (unpaired) electrons. The van der Waals surface area contributed by atoms with Crippen molar-refractivity contribution in [1.82, 2.24) is 0 Å². The quantitative estimate of drug-likeness (QED) is 0.635. The molecule has 1 unspecified atom stereocenters. The molecule has 2 rings (SSSR count). The predicted octanol–water partition coefficient (Wildman–Crippen LogP) is 0.664. The van der Waals surface area contributed by atoms with Crippen molar-refractivity contribution in [2.75, 3.05) is 31.3 Å². The Labute approximate surface area is 109 Å². The van der Waals surface area contributed by atoms with Crippen molar-refractivity contribution >= 4 is 11.4 Å². The van der Waals surface area contributed by atoms with E-state index in [0.717, 1.165) is 0 Å². The molecule has 100 valence electrons. The molecule has 0 aromatic heterocycles. The average Bonchev–Trinajstić information content (AvgIpc) is 2.46. The van der Waals surface area contributed by atoms with Gasteiger partial charge in [0.2, 0.25) is 0 Å². The number of benzene rings is 1. The summed E-state index contributed by atoms with van der Waals surface area (Å²) in [6.07, 6.45) is 0. The van der Waals surface area contributed by atoms with E-state index in [9.17, 15) is 15.2 Å². The zero-order valence-corrected chi connectivity index (χ0v) is 10.2. The van der Waals surface area contributed by atoms with Crippen molar-refractivity contribution in [3.05, 3.63) is 33.9 Å². The first-order valence-electron chi connectivity index (χ1n) is 5.81. The second-order valence-electron chi connectivity index (χ2n) is 4.15. The van der Waals surface area contributed by atoms with Crippen molar-refractivity contribution in [2.45, 2.75) is 6.04 Å². The fourth-order valence-corrected chi connectivity index (χ4v) is 2.17. The number of ether oxygens (including phenoxy) is 1. The molecule has 1 aliphatic rings. The molecule has 0 spiro atoms. The minimum Gasteiger partial charge on any atom is -0.394 e. The molecular formula is C12H13N3O4. The molecule has 1 aromatic rings. The number of para-hydroxylation sites is 1. The van der Waals surface area contributed by atoms with Crippen molar-refractivity contribution in [3.8, 4) is 6.07 Å². The lowest BCUT2D eigenvalue weighted by Crippen LogP contribution is -2.47. The number of nitrogens with zero attached hydrogens (tertiary/aromatic N) is 3. The molecule has 1 atom stereocenters. The largest absolute Gasteiger partial charge is 0.394 e. The Morgan fingerprint density at radius 1 is 1.63 bits per heavy atom. The van der Waals surface area contributed by atoms with Crippen LogP contribution in [0.2, 0.25) is 0 Å². The van der Waals surface area contributed by atoms with Crippen molar-refractivity contribution in [1.29, 1.82) is 5.26 Å². The first kappa shape index (κ1) is 13.3. The zero-order chi connectivity index (χ0) is 13.8. The van der Waals surface area contributed by atoms with Gasteiger partial charge in [-0.3, -0.25) is 10.1 Å². The van der Waals surface area contributed by atoms with Gasteiger partial charge >= 0.3 is 5.69 Å². The molecule has 0 saturated carbocycles. The highest BCUT2D eigenvalue weighted by atomic mass is 16.6. The Kier molecular flexibility index (Phi) is 3.94. The lowest BCUT2D eigenvalue weighted by molar-refractivity contribution is -0.384. The molecular weight excluding hydrogens is 250 g/mol. The van der Waals surface area contributed by atoms with Crippen LogP contribution < -0.4 is 4.90 Å². The van der Waals surface area contributed by atoms with E-state index in [1.165, 1.54) is 6.07 Å². The Hall–Kier alpha value is -2.17. The summed E-state index contributed by atoms with van der Waals surface area (Å²) < 4.78 is 5.25. The second-order valence-corrected chi connectivity index (χ2v) is 4.15. The monoisotopic (exact) mass is 263 g/mol. The Morgan fingerprint density at radius 2 is 2.42 bits per heavy atom. The molecule has 7 heteroatoms. The van der Waals surface area contributed by atoms with Crippen LogP contribution in [-0.4, -0.2) is 42.4 Å².